The highest BCUT2D eigenvalue weighted by Gasteiger charge is 2.44. The summed E-state index contributed by atoms with van der Waals surface area (Å²) >= 11 is 0. The maximum atomic E-state index is 5.35. The molecule has 1 heterocycles. The molecule has 1 aromatic rings. The minimum Gasteiger partial charge on any atom is -0.249 e. The lowest BCUT2D eigenvalue weighted by atomic mass is 9.61. The minimum absolute atomic E-state index is 0.639. The Kier molecular flexibility index (Phi) is 5.97. The number of allylic oxidation sites excluding steroid dienone is 4. The van der Waals surface area contributed by atoms with Crippen molar-refractivity contribution < 1.29 is 0 Å². The third-order valence-corrected chi connectivity index (χ3v) is 7.99. The van der Waals surface area contributed by atoms with Crippen molar-refractivity contribution in [2.24, 2.45) is 11.8 Å². The third-order valence-electron chi connectivity index (χ3n) is 7.99. The molecule has 0 aliphatic heterocycles. The smallest absolute Gasteiger partial charge is 0.0890 e. The molecule has 4 aliphatic rings. The van der Waals surface area contributed by atoms with E-state index >= 15 is 0 Å². The van der Waals surface area contributed by atoms with Gasteiger partial charge in [0.25, 0.3) is 0 Å². The molecule has 2 heteroatoms. The Balaban J connectivity index is 1.63. The largest absolute Gasteiger partial charge is 0.249 e. The van der Waals surface area contributed by atoms with Crippen LogP contribution in [0.1, 0.15) is 118 Å². The van der Waals surface area contributed by atoms with E-state index < -0.39 is 0 Å². The predicted molar refractivity (Wildman–Crippen MR) is 122 cm³/mol. The van der Waals surface area contributed by atoms with Crippen LogP contribution in [-0.4, -0.2) is 9.97 Å². The molecule has 4 aliphatic carbocycles. The Morgan fingerprint density at radius 3 is 1.38 bits per heavy atom. The highest BCUT2D eigenvalue weighted by Crippen LogP contribution is 2.53. The van der Waals surface area contributed by atoms with Crippen molar-refractivity contribution in [3.05, 3.63) is 47.1 Å². The second-order valence-electron chi connectivity index (χ2n) is 9.75. The fourth-order valence-electron chi connectivity index (χ4n) is 6.61. The molecule has 1 aromatic heterocycles. The summed E-state index contributed by atoms with van der Waals surface area (Å²) in [6.07, 6.45) is 30.9. The van der Waals surface area contributed by atoms with Crippen LogP contribution in [0.4, 0.5) is 0 Å². The van der Waals surface area contributed by atoms with Crippen LogP contribution >= 0.6 is 0 Å². The van der Waals surface area contributed by atoms with Gasteiger partial charge < -0.3 is 0 Å². The highest BCUT2D eigenvalue weighted by atomic mass is 14.9. The summed E-state index contributed by atoms with van der Waals surface area (Å²) in [4.78, 5) is 10.7. The first kappa shape index (κ1) is 19.3. The monoisotopic (exact) mass is 388 g/mol. The van der Waals surface area contributed by atoms with Crippen molar-refractivity contribution in [2.75, 3.05) is 0 Å². The van der Waals surface area contributed by atoms with E-state index in [4.69, 9.17) is 9.97 Å². The van der Waals surface area contributed by atoms with Gasteiger partial charge in [-0.05, 0) is 49.7 Å². The van der Waals surface area contributed by atoms with Crippen molar-refractivity contribution in [3.63, 3.8) is 0 Å². The molecule has 0 radical (unpaired) electrons. The topological polar surface area (TPSA) is 25.8 Å². The number of nitrogens with zero attached hydrogens (tertiary/aromatic N) is 2. The third kappa shape index (κ3) is 4.00. The van der Waals surface area contributed by atoms with Crippen LogP contribution in [-0.2, 0) is 0 Å². The lowest BCUT2D eigenvalue weighted by Gasteiger charge is -2.45. The Morgan fingerprint density at radius 1 is 0.483 bits per heavy atom. The van der Waals surface area contributed by atoms with Gasteiger partial charge in [-0.25, -0.2) is 9.97 Å². The van der Waals surface area contributed by atoms with E-state index in [-0.39, 0.29) is 0 Å². The number of hydrogen-bond donors (Lipinski definition) is 0. The fourth-order valence-corrected chi connectivity index (χ4v) is 6.61. The fraction of sp³-hybridized carbons (Fsp3) is 0.630. The van der Waals surface area contributed by atoms with Crippen LogP contribution in [0, 0.1) is 11.8 Å². The zero-order valence-electron chi connectivity index (χ0n) is 17.9. The number of rotatable bonds is 0. The zero-order valence-corrected chi connectivity index (χ0v) is 17.9. The summed E-state index contributed by atoms with van der Waals surface area (Å²) in [5.41, 5.74) is 4.93. The molecule has 4 unspecified atom stereocenters. The van der Waals surface area contributed by atoms with E-state index in [9.17, 15) is 0 Å². The molecular formula is C27H36N2. The van der Waals surface area contributed by atoms with Gasteiger partial charge in [0.2, 0.25) is 0 Å². The van der Waals surface area contributed by atoms with Crippen LogP contribution in [0.2, 0.25) is 0 Å². The molecular weight excluding hydrogens is 352 g/mol. The first-order valence-electron chi connectivity index (χ1n) is 12.3. The standard InChI is InChI=1S/C27H36N2/c1-2-8-14-20-21-15-9-4-5-11-17-23(21)27-26(22(20)16-10-3-1)28-24-18-12-6-7-13-19-25(24)29-27/h6-7,12-13,18-23H,1-5,8-11,14-17H2/b7-6?,12-6?,13-7?,18-12?,19-13-,24-18?,25-19?. The maximum absolute atomic E-state index is 5.35. The summed E-state index contributed by atoms with van der Waals surface area (Å²) in [5.74, 6) is 2.96. The van der Waals surface area contributed by atoms with Crippen molar-refractivity contribution in [1.82, 2.24) is 9.97 Å². The van der Waals surface area contributed by atoms with E-state index in [1.807, 2.05) is 0 Å². The summed E-state index contributed by atoms with van der Waals surface area (Å²) in [6.45, 7) is 0. The Hall–Kier alpha value is -1.70. The van der Waals surface area contributed by atoms with E-state index in [1.54, 1.807) is 0 Å². The van der Waals surface area contributed by atoms with Gasteiger partial charge in [-0.2, -0.15) is 0 Å². The van der Waals surface area contributed by atoms with Gasteiger partial charge in [-0.15, -0.1) is 0 Å². The van der Waals surface area contributed by atoms with Gasteiger partial charge >= 0.3 is 0 Å². The summed E-state index contributed by atoms with van der Waals surface area (Å²) in [7, 11) is 0. The van der Waals surface area contributed by atoms with Crippen LogP contribution < -0.4 is 0 Å². The lowest BCUT2D eigenvalue weighted by molar-refractivity contribution is 0.157. The van der Waals surface area contributed by atoms with Gasteiger partial charge in [0.15, 0.2) is 0 Å². The Morgan fingerprint density at radius 2 is 0.897 bits per heavy atom. The molecule has 2 saturated carbocycles. The summed E-state index contributed by atoms with van der Waals surface area (Å²) in [5, 5.41) is 0. The number of hydrogen-bond acceptors (Lipinski definition) is 2. The molecule has 2 nitrogen and oxygen atoms in total. The van der Waals surface area contributed by atoms with Crippen LogP contribution in [0.5, 0.6) is 0 Å². The normalized spacial score (nSPS) is 33.1. The molecule has 2 fully saturated rings. The number of aromatic nitrogens is 2. The lowest BCUT2D eigenvalue weighted by Crippen LogP contribution is -2.36. The van der Waals surface area contributed by atoms with E-state index in [2.05, 4.69) is 36.5 Å². The molecule has 0 saturated heterocycles. The van der Waals surface area contributed by atoms with Gasteiger partial charge in [0, 0.05) is 11.8 Å². The zero-order chi connectivity index (χ0) is 19.5. The van der Waals surface area contributed by atoms with Gasteiger partial charge in [-0.1, -0.05) is 82.1 Å². The molecule has 5 rings (SSSR count). The quantitative estimate of drug-likeness (QED) is 0.457. The molecule has 0 spiro atoms. The molecule has 154 valence electrons. The van der Waals surface area contributed by atoms with Gasteiger partial charge in [0.05, 0.1) is 22.8 Å². The predicted octanol–water partition coefficient (Wildman–Crippen LogP) is 7.58. The van der Waals surface area contributed by atoms with E-state index in [0.717, 1.165) is 23.2 Å². The van der Waals surface area contributed by atoms with Gasteiger partial charge in [-0.3, -0.25) is 0 Å². The van der Waals surface area contributed by atoms with Crippen molar-refractivity contribution in [3.8, 4) is 0 Å². The maximum Gasteiger partial charge on any atom is 0.0890 e. The van der Waals surface area contributed by atoms with E-state index in [0.29, 0.717) is 11.8 Å². The number of fused-ring (bicyclic) bond motifs is 7. The molecule has 0 N–H and O–H groups in total. The molecule has 0 bridgehead atoms. The summed E-state index contributed by atoms with van der Waals surface area (Å²) in [6, 6.07) is 0. The first-order chi connectivity index (χ1) is 14.4. The minimum atomic E-state index is 0.639. The highest BCUT2D eigenvalue weighted by molar-refractivity contribution is 5.63. The van der Waals surface area contributed by atoms with Crippen molar-refractivity contribution >= 4 is 12.2 Å². The SMILES string of the molecule is C1=C/C=C\c2nc3c(nc2C=C1)C1CCCCCCCC1C1CCCCCCC31. The first-order valence-corrected chi connectivity index (χ1v) is 12.3. The van der Waals surface area contributed by atoms with Crippen molar-refractivity contribution in [2.45, 2.75) is 95.3 Å². The van der Waals surface area contributed by atoms with Gasteiger partial charge in [0.1, 0.15) is 0 Å². The van der Waals surface area contributed by atoms with Crippen molar-refractivity contribution in [1.29, 1.82) is 0 Å². The molecule has 4 atom stereocenters. The second kappa shape index (κ2) is 8.98. The second-order valence-corrected chi connectivity index (χ2v) is 9.75. The van der Waals surface area contributed by atoms with E-state index in [1.165, 1.54) is 94.9 Å². The molecule has 29 heavy (non-hydrogen) atoms. The van der Waals surface area contributed by atoms with Crippen LogP contribution in [0.15, 0.2) is 24.3 Å². The van der Waals surface area contributed by atoms with Crippen LogP contribution in [0.3, 0.4) is 0 Å². The Labute approximate surface area is 176 Å². The Bertz CT molecular complexity index is 803. The molecule has 0 aromatic carbocycles. The van der Waals surface area contributed by atoms with Crippen LogP contribution in [0.25, 0.3) is 12.2 Å². The average Bonchev–Trinajstić information content (AvgIpc) is 2.81. The molecule has 0 amide bonds. The average molecular weight is 389 g/mol. The summed E-state index contributed by atoms with van der Waals surface area (Å²) < 4.78 is 0.